The van der Waals surface area contributed by atoms with Crippen LogP contribution < -0.4 is 10.1 Å². The maximum atomic E-state index is 12.1. The number of rotatable bonds is 5. The Labute approximate surface area is 134 Å². The zero-order valence-electron chi connectivity index (χ0n) is 12.8. The monoisotopic (exact) mass is 307 g/mol. The SMILES string of the molecule is CCOc1ccccc1NC(=O)/C=C/c1cnc2ccccn12. The van der Waals surface area contributed by atoms with Crippen LogP contribution in [0.2, 0.25) is 0 Å². The van der Waals surface area contributed by atoms with Crippen molar-refractivity contribution in [2.75, 3.05) is 11.9 Å². The van der Waals surface area contributed by atoms with Crippen LogP contribution in [0.3, 0.4) is 0 Å². The van der Waals surface area contributed by atoms with Crippen LogP contribution in [-0.4, -0.2) is 21.9 Å². The second kappa shape index (κ2) is 6.79. The van der Waals surface area contributed by atoms with E-state index in [1.807, 2.05) is 60.0 Å². The van der Waals surface area contributed by atoms with Gasteiger partial charge in [0.2, 0.25) is 5.91 Å². The first-order valence-electron chi connectivity index (χ1n) is 7.41. The minimum absolute atomic E-state index is 0.219. The van der Waals surface area contributed by atoms with E-state index in [1.54, 1.807) is 12.3 Å². The predicted octanol–water partition coefficient (Wildman–Crippen LogP) is 3.38. The fourth-order valence-corrected chi connectivity index (χ4v) is 2.26. The number of amides is 1. The van der Waals surface area contributed by atoms with Gasteiger partial charge in [-0.2, -0.15) is 0 Å². The second-order valence-electron chi connectivity index (χ2n) is 4.86. The van der Waals surface area contributed by atoms with Crippen molar-refractivity contribution in [2.45, 2.75) is 6.92 Å². The number of aromatic nitrogens is 2. The molecule has 5 heteroatoms. The lowest BCUT2D eigenvalue weighted by Crippen LogP contribution is -2.09. The number of benzene rings is 1. The number of carbonyl (C=O) groups excluding carboxylic acids is 1. The largest absolute Gasteiger partial charge is 0.492 e. The van der Waals surface area contributed by atoms with Gasteiger partial charge in [0.15, 0.2) is 0 Å². The first kappa shape index (κ1) is 14.8. The van der Waals surface area contributed by atoms with E-state index in [9.17, 15) is 4.79 Å². The van der Waals surface area contributed by atoms with Crippen LogP contribution in [0.5, 0.6) is 5.75 Å². The molecule has 0 spiro atoms. The highest BCUT2D eigenvalue weighted by Crippen LogP contribution is 2.23. The van der Waals surface area contributed by atoms with Gasteiger partial charge in [-0.25, -0.2) is 4.98 Å². The van der Waals surface area contributed by atoms with Crippen molar-refractivity contribution in [3.05, 3.63) is 66.6 Å². The number of hydrogen-bond acceptors (Lipinski definition) is 3. The molecule has 23 heavy (non-hydrogen) atoms. The molecular weight excluding hydrogens is 290 g/mol. The molecule has 2 heterocycles. The first-order valence-corrected chi connectivity index (χ1v) is 7.41. The van der Waals surface area contributed by atoms with Crippen LogP contribution in [0.25, 0.3) is 11.7 Å². The summed E-state index contributed by atoms with van der Waals surface area (Å²) in [6, 6.07) is 13.1. The third-order valence-electron chi connectivity index (χ3n) is 3.30. The van der Waals surface area contributed by atoms with E-state index in [0.29, 0.717) is 18.0 Å². The summed E-state index contributed by atoms with van der Waals surface area (Å²) in [6.07, 6.45) is 6.86. The highest BCUT2D eigenvalue weighted by atomic mass is 16.5. The molecule has 0 unspecified atom stereocenters. The number of para-hydroxylation sites is 2. The summed E-state index contributed by atoms with van der Waals surface area (Å²) in [5, 5.41) is 2.83. The van der Waals surface area contributed by atoms with E-state index < -0.39 is 0 Å². The van der Waals surface area contributed by atoms with E-state index in [0.717, 1.165) is 11.3 Å². The molecule has 116 valence electrons. The van der Waals surface area contributed by atoms with Gasteiger partial charge in [0.25, 0.3) is 0 Å². The van der Waals surface area contributed by atoms with Crippen molar-refractivity contribution in [1.29, 1.82) is 0 Å². The summed E-state index contributed by atoms with van der Waals surface area (Å²) in [7, 11) is 0. The Morgan fingerprint density at radius 2 is 2.09 bits per heavy atom. The number of nitrogens with one attached hydrogen (secondary N) is 1. The summed E-state index contributed by atoms with van der Waals surface area (Å²) in [5.74, 6) is 0.439. The fourth-order valence-electron chi connectivity index (χ4n) is 2.26. The average molecular weight is 307 g/mol. The molecule has 3 aromatic rings. The maximum absolute atomic E-state index is 12.1. The van der Waals surface area contributed by atoms with Gasteiger partial charge in [-0.15, -0.1) is 0 Å². The summed E-state index contributed by atoms with van der Waals surface area (Å²) in [5.41, 5.74) is 2.34. The Morgan fingerprint density at radius 3 is 2.96 bits per heavy atom. The molecule has 3 rings (SSSR count). The Bertz CT molecular complexity index is 852. The third kappa shape index (κ3) is 3.40. The van der Waals surface area contributed by atoms with Crippen molar-refractivity contribution in [2.24, 2.45) is 0 Å². The predicted molar refractivity (Wildman–Crippen MR) is 90.5 cm³/mol. The molecule has 1 aromatic carbocycles. The molecule has 0 aliphatic carbocycles. The number of pyridine rings is 1. The lowest BCUT2D eigenvalue weighted by Gasteiger charge is -2.09. The number of anilines is 1. The van der Waals surface area contributed by atoms with Crippen LogP contribution in [0.1, 0.15) is 12.6 Å². The number of carbonyl (C=O) groups is 1. The zero-order valence-corrected chi connectivity index (χ0v) is 12.8. The third-order valence-corrected chi connectivity index (χ3v) is 3.30. The van der Waals surface area contributed by atoms with Gasteiger partial charge in [-0.3, -0.25) is 4.79 Å². The van der Waals surface area contributed by atoms with Crippen LogP contribution in [-0.2, 0) is 4.79 Å². The number of fused-ring (bicyclic) bond motifs is 1. The average Bonchev–Trinajstić information content (AvgIpc) is 2.98. The first-order chi connectivity index (χ1) is 11.3. The summed E-state index contributed by atoms with van der Waals surface area (Å²) >= 11 is 0. The molecule has 1 amide bonds. The molecule has 0 saturated heterocycles. The van der Waals surface area contributed by atoms with Gasteiger partial charge in [0, 0.05) is 12.3 Å². The Hall–Kier alpha value is -3.08. The molecule has 5 nitrogen and oxygen atoms in total. The van der Waals surface area contributed by atoms with Crippen molar-refractivity contribution in [3.63, 3.8) is 0 Å². The molecule has 1 N–H and O–H groups in total. The van der Waals surface area contributed by atoms with Crippen LogP contribution in [0.4, 0.5) is 5.69 Å². The van der Waals surface area contributed by atoms with E-state index in [2.05, 4.69) is 10.3 Å². The molecule has 0 atom stereocenters. The van der Waals surface area contributed by atoms with Crippen molar-refractivity contribution in [3.8, 4) is 5.75 Å². The lowest BCUT2D eigenvalue weighted by molar-refractivity contribution is -0.111. The van der Waals surface area contributed by atoms with Gasteiger partial charge >= 0.3 is 0 Å². The fraction of sp³-hybridized carbons (Fsp3) is 0.111. The summed E-state index contributed by atoms with van der Waals surface area (Å²) in [6.45, 7) is 2.45. The number of imidazole rings is 1. The van der Waals surface area contributed by atoms with Crippen LogP contribution >= 0.6 is 0 Å². The lowest BCUT2D eigenvalue weighted by atomic mass is 10.3. The van der Waals surface area contributed by atoms with E-state index in [4.69, 9.17) is 4.74 Å². The van der Waals surface area contributed by atoms with Gasteiger partial charge in [-0.1, -0.05) is 18.2 Å². The highest BCUT2D eigenvalue weighted by Gasteiger charge is 2.05. The molecule has 0 aliphatic heterocycles. The molecule has 0 fully saturated rings. The molecule has 0 radical (unpaired) electrons. The second-order valence-corrected chi connectivity index (χ2v) is 4.86. The highest BCUT2D eigenvalue weighted by molar-refractivity contribution is 6.02. The van der Waals surface area contributed by atoms with Crippen molar-refractivity contribution in [1.82, 2.24) is 9.38 Å². The van der Waals surface area contributed by atoms with Crippen molar-refractivity contribution < 1.29 is 9.53 Å². The van der Waals surface area contributed by atoms with E-state index in [1.165, 1.54) is 6.08 Å². The van der Waals surface area contributed by atoms with Crippen LogP contribution in [0, 0.1) is 0 Å². The molecule has 0 aliphatic rings. The van der Waals surface area contributed by atoms with E-state index in [-0.39, 0.29) is 5.91 Å². The zero-order chi connectivity index (χ0) is 16.1. The minimum atomic E-state index is -0.219. The number of nitrogens with zero attached hydrogens (tertiary/aromatic N) is 2. The topological polar surface area (TPSA) is 55.6 Å². The van der Waals surface area contributed by atoms with Crippen LogP contribution in [0.15, 0.2) is 60.9 Å². The Kier molecular flexibility index (Phi) is 4.38. The minimum Gasteiger partial charge on any atom is -0.492 e. The quantitative estimate of drug-likeness (QED) is 0.735. The smallest absolute Gasteiger partial charge is 0.248 e. The Morgan fingerprint density at radius 1 is 1.26 bits per heavy atom. The number of hydrogen-bond donors (Lipinski definition) is 1. The molecule has 0 saturated carbocycles. The van der Waals surface area contributed by atoms with Gasteiger partial charge in [-0.05, 0) is 37.3 Å². The van der Waals surface area contributed by atoms with E-state index >= 15 is 0 Å². The number of ether oxygens (including phenoxy) is 1. The molecular formula is C18H17N3O2. The standard InChI is InChI=1S/C18H17N3O2/c1-2-23-16-8-4-3-7-15(16)20-18(22)11-10-14-13-19-17-9-5-6-12-21(14)17/h3-13H,2H2,1H3,(H,20,22)/b11-10+. The molecule has 0 bridgehead atoms. The van der Waals surface area contributed by atoms with Gasteiger partial charge in [0.05, 0.1) is 24.2 Å². The summed E-state index contributed by atoms with van der Waals surface area (Å²) in [4.78, 5) is 16.4. The van der Waals surface area contributed by atoms with Crippen molar-refractivity contribution >= 4 is 23.3 Å². The molecule has 2 aromatic heterocycles. The normalized spacial score (nSPS) is 11.0. The Balaban J connectivity index is 1.75. The summed E-state index contributed by atoms with van der Waals surface area (Å²) < 4.78 is 7.41. The maximum Gasteiger partial charge on any atom is 0.248 e. The van der Waals surface area contributed by atoms with Gasteiger partial charge < -0.3 is 14.5 Å². The van der Waals surface area contributed by atoms with Gasteiger partial charge in [0.1, 0.15) is 11.4 Å².